The van der Waals surface area contributed by atoms with Crippen molar-refractivity contribution < 1.29 is 9.53 Å². The highest BCUT2D eigenvalue weighted by Crippen LogP contribution is 2.30. The van der Waals surface area contributed by atoms with Crippen LogP contribution in [0.25, 0.3) is 5.65 Å². The molecular formula is C24H28N4O3. The van der Waals surface area contributed by atoms with E-state index in [4.69, 9.17) is 4.74 Å². The van der Waals surface area contributed by atoms with Gasteiger partial charge in [0.1, 0.15) is 17.0 Å². The van der Waals surface area contributed by atoms with Gasteiger partial charge >= 0.3 is 0 Å². The van der Waals surface area contributed by atoms with Crippen LogP contribution >= 0.6 is 0 Å². The standard InChI is InChI=1S/C24H28N4O3/c1-17-10-11-22-25-14-19(24(30)28(22)16-17)23(29)26-15-20(27-12-6-3-7-13-27)18-8-4-5-9-21(18)31-2/h4-5,8-11,14,16,20H,3,6-7,12-13,15H2,1-2H3,(H,26,29). The third-order valence-electron chi connectivity index (χ3n) is 5.88. The number of ether oxygens (including phenoxy) is 1. The van der Waals surface area contributed by atoms with E-state index in [1.807, 2.05) is 37.3 Å². The smallest absolute Gasteiger partial charge is 0.270 e. The van der Waals surface area contributed by atoms with E-state index in [0.29, 0.717) is 12.2 Å². The number of benzene rings is 1. The molecule has 1 aromatic carbocycles. The number of carbonyl (C=O) groups excluding carboxylic acids is 1. The second-order valence-electron chi connectivity index (χ2n) is 7.98. The van der Waals surface area contributed by atoms with Gasteiger partial charge in [-0.05, 0) is 50.6 Å². The van der Waals surface area contributed by atoms with Gasteiger partial charge in [-0.25, -0.2) is 4.98 Å². The minimum absolute atomic E-state index is 0.0289. The van der Waals surface area contributed by atoms with Crippen LogP contribution in [0.4, 0.5) is 0 Å². The lowest BCUT2D eigenvalue weighted by Crippen LogP contribution is -2.42. The number of methoxy groups -OCH3 is 1. The fourth-order valence-corrected chi connectivity index (χ4v) is 4.23. The Kier molecular flexibility index (Phi) is 6.32. The number of rotatable bonds is 6. The first-order chi connectivity index (χ1) is 15.1. The van der Waals surface area contributed by atoms with E-state index in [9.17, 15) is 9.59 Å². The summed E-state index contributed by atoms with van der Waals surface area (Å²) in [7, 11) is 1.66. The Labute approximate surface area is 181 Å². The number of fused-ring (bicyclic) bond motifs is 1. The van der Waals surface area contributed by atoms with E-state index in [-0.39, 0.29) is 17.2 Å². The topological polar surface area (TPSA) is 75.9 Å². The Morgan fingerprint density at radius 1 is 1.16 bits per heavy atom. The quantitative estimate of drug-likeness (QED) is 0.664. The molecular weight excluding hydrogens is 392 g/mol. The van der Waals surface area contributed by atoms with Crippen LogP contribution in [0, 0.1) is 6.92 Å². The van der Waals surface area contributed by atoms with E-state index >= 15 is 0 Å². The van der Waals surface area contributed by atoms with Gasteiger partial charge in [0.05, 0.1) is 13.2 Å². The minimum Gasteiger partial charge on any atom is -0.496 e. The highest BCUT2D eigenvalue weighted by atomic mass is 16.5. The van der Waals surface area contributed by atoms with E-state index < -0.39 is 5.91 Å². The lowest BCUT2D eigenvalue weighted by molar-refractivity contribution is 0.0921. The van der Waals surface area contributed by atoms with Crippen LogP contribution in [-0.2, 0) is 0 Å². The molecule has 4 rings (SSSR count). The van der Waals surface area contributed by atoms with Crippen molar-refractivity contribution in [3.63, 3.8) is 0 Å². The number of nitrogens with one attached hydrogen (secondary N) is 1. The van der Waals surface area contributed by atoms with Gasteiger partial charge in [0, 0.05) is 24.5 Å². The summed E-state index contributed by atoms with van der Waals surface area (Å²) in [6.07, 6.45) is 6.55. The number of hydrogen-bond donors (Lipinski definition) is 1. The summed E-state index contributed by atoms with van der Waals surface area (Å²) in [6, 6.07) is 11.5. The predicted molar refractivity (Wildman–Crippen MR) is 120 cm³/mol. The van der Waals surface area contributed by atoms with Crippen LogP contribution < -0.4 is 15.6 Å². The fourth-order valence-electron chi connectivity index (χ4n) is 4.23. The maximum Gasteiger partial charge on any atom is 0.270 e. The molecule has 1 aliphatic heterocycles. The van der Waals surface area contributed by atoms with Crippen molar-refractivity contribution in [1.82, 2.24) is 19.6 Å². The zero-order valence-corrected chi connectivity index (χ0v) is 18.0. The third kappa shape index (κ3) is 4.46. The van der Waals surface area contributed by atoms with Crippen LogP contribution in [0.15, 0.2) is 53.6 Å². The third-order valence-corrected chi connectivity index (χ3v) is 5.88. The average Bonchev–Trinajstić information content (AvgIpc) is 2.80. The summed E-state index contributed by atoms with van der Waals surface area (Å²) in [4.78, 5) is 32.5. The van der Waals surface area contributed by atoms with Gasteiger partial charge in [-0.15, -0.1) is 0 Å². The molecule has 0 aliphatic carbocycles. The van der Waals surface area contributed by atoms with Crippen molar-refractivity contribution in [1.29, 1.82) is 0 Å². The SMILES string of the molecule is COc1ccccc1C(CNC(=O)c1cnc2ccc(C)cn2c1=O)N1CCCCC1. The largest absolute Gasteiger partial charge is 0.496 e. The number of hydrogen-bond acceptors (Lipinski definition) is 5. The first-order valence-electron chi connectivity index (χ1n) is 10.7. The van der Waals surface area contributed by atoms with E-state index in [1.54, 1.807) is 19.4 Å². The summed E-state index contributed by atoms with van der Waals surface area (Å²) in [5.74, 6) is 0.389. The highest BCUT2D eigenvalue weighted by molar-refractivity contribution is 5.93. The lowest BCUT2D eigenvalue weighted by Gasteiger charge is -2.35. The first-order valence-corrected chi connectivity index (χ1v) is 10.7. The molecule has 0 spiro atoms. The number of para-hydroxylation sites is 1. The molecule has 3 aromatic rings. The van der Waals surface area contributed by atoms with Gasteiger partial charge in [0.25, 0.3) is 11.5 Å². The summed E-state index contributed by atoms with van der Waals surface area (Å²) in [6.45, 7) is 4.22. The van der Waals surface area contributed by atoms with Crippen LogP contribution in [0.5, 0.6) is 5.75 Å². The van der Waals surface area contributed by atoms with Crippen molar-refractivity contribution in [3.8, 4) is 5.75 Å². The number of aryl methyl sites for hydroxylation is 1. The second kappa shape index (κ2) is 9.31. The van der Waals surface area contributed by atoms with Crippen LogP contribution in [-0.4, -0.2) is 46.9 Å². The monoisotopic (exact) mass is 420 g/mol. The van der Waals surface area contributed by atoms with Gasteiger partial charge < -0.3 is 10.1 Å². The molecule has 0 saturated carbocycles. The molecule has 31 heavy (non-hydrogen) atoms. The van der Waals surface area contributed by atoms with Crippen molar-refractivity contribution in [2.75, 3.05) is 26.7 Å². The van der Waals surface area contributed by atoms with Gasteiger partial charge in [-0.1, -0.05) is 30.7 Å². The molecule has 0 bridgehead atoms. The van der Waals surface area contributed by atoms with Crippen LogP contribution in [0.2, 0.25) is 0 Å². The molecule has 0 radical (unpaired) electrons. The number of carbonyl (C=O) groups is 1. The molecule has 1 amide bonds. The lowest BCUT2D eigenvalue weighted by atomic mass is 10.0. The first kappa shape index (κ1) is 21.1. The Hall–Kier alpha value is -3.19. The van der Waals surface area contributed by atoms with Gasteiger partial charge in [0.15, 0.2) is 0 Å². The Bertz CT molecular complexity index is 1140. The molecule has 2 aromatic heterocycles. The molecule has 1 N–H and O–H groups in total. The molecule has 7 heteroatoms. The number of amides is 1. The van der Waals surface area contributed by atoms with Crippen LogP contribution in [0.1, 0.15) is 46.8 Å². The summed E-state index contributed by atoms with van der Waals surface area (Å²) >= 11 is 0. The van der Waals surface area contributed by atoms with Crippen molar-refractivity contribution in [2.24, 2.45) is 0 Å². The molecule has 1 atom stereocenters. The number of pyridine rings is 1. The Morgan fingerprint density at radius 2 is 1.94 bits per heavy atom. The number of nitrogens with zero attached hydrogens (tertiary/aromatic N) is 3. The molecule has 1 saturated heterocycles. The Morgan fingerprint density at radius 3 is 2.71 bits per heavy atom. The predicted octanol–water partition coefficient (Wildman–Crippen LogP) is 2.97. The molecule has 1 aliphatic rings. The van der Waals surface area contributed by atoms with Crippen molar-refractivity contribution in [3.05, 3.63) is 75.8 Å². The maximum atomic E-state index is 13.0. The number of aromatic nitrogens is 2. The molecule has 3 heterocycles. The van der Waals surface area contributed by atoms with E-state index in [2.05, 4.69) is 15.2 Å². The number of likely N-dealkylation sites (tertiary alicyclic amines) is 1. The fraction of sp³-hybridized carbons (Fsp3) is 0.375. The minimum atomic E-state index is -0.412. The van der Waals surface area contributed by atoms with Crippen LogP contribution in [0.3, 0.4) is 0 Å². The average molecular weight is 421 g/mol. The van der Waals surface area contributed by atoms with Gasteiger partial charge in [-0.2, -0.15) is 0 Å². The van der Waals surface area contributed by atoms with E-state index in [0.717, 1.165) is 42.8 Å². The summed E-state index contributed by atoms with van der Waals surface area (Å²) in [5.41, 5.74) is 2.16. The number of piperidine rings is 1. The Balaban J connectivity index is 1.59. The van der Waals surface area contributed by atoms with Crippen molar-refractivity contribution in [2.45, 2.75) is 32.2 Å². The second-order valence-corrected chi connectivity index (χ2v) is 7.98. The molecule has 1 unspecified atom stereocenters. The van der Waals surface area contributed by atoms with Gasteiger partial charge in [0.2, 0.25) is 0 Å². The zero-order chi connectivity index (χ0) is 21.8. The zero-order valence-electron chi connectivity index (χ0n) is 18.0. The van der Waals surface area contributed by atoms with E-state index in [1.165, 1.54) is 17.0 Å². The molecule has 162 valence electrons. The van der Waals surface area contributed by atoms with Gasteiger partial charge in [-0.3, -0.25) is 18.9 Å². The molecule has 7 nitrogen and oxygen atoms in total. The molecule has 1 fully saturated rings. The van der Waals surface area contributed by atoms with Crippen molar-refractivity contribution >= 4 is 11.6 Å². The normalized spacial score (nSPS) is 15.5. The maximum absolute atomic E-state index is 13.0. The summed E-state index contributed by atoms with van der Waals surface area (Å²) in [5, 5.41) is 2.98. The highest BCUT2D eigenvalue weighted by Gasteiger charge is 2.26. The summed E-state index contributed by atoms with van der Waals surface area (Å²) < 4.78 is 7.01.